The lowest BCUT2D eigenvalue weighted by Gasteiger charge is -2.37. The molecule has 1 aromatic rings. The van der Waals surface area contributed by atoms with Crippen LogP contribution in [-0.4, -0.2) is 30.4 Å². The molecule has 122 valence electrons. The molecule has 0 saturated carbocycles. The summed E-state index contributed by atoms with van der Waals surface area (Å²) in [7, 11) is 3.34. The van der Waals surface area contributed by atoms with Crippen LogP contribution >= 0.6 is 15.9 Å². The minimum Gasteiger partial charge on any atom is -0.543 e. The van der Waals surface area contributed by atoms with Gasteiger partial charge in [-0.25, -0.2) is 0 Å². The van der Waals surface area contributed by atoms with Crippen LogP contribution in [-0.2, 0) is 0 Å². The second-order valence-electron chi connectivity index (χ2n) is 6.83. The summed E-state index contributed by atoms with van der Waals surface area (Å²) in [4.78, 5) is 0. The van der Waals surface area contributed by atoms with Gasteiger partial charge in [0, 0.05) is 12.1 Å². The number of benzene rings is 1. The van der Waals surface area contributed by atoms with E-state index in [0.717, 1.165) is 27.2 Å². The molecule has 0 aliphatic carbocycles. The first-order valence-corrected chi connectivity index (χ1v) is 11.0. The molecule has 0 radical (unpaired) electrons. The zero-order chi connectivity index (χ0) is 17.1. The van der Waals surface area contributed by atoms with E-state index in [-0.39, 0.29) is 5.04 Å². The van der Waals surface area contributed by atoms with Crippen molar-refractivity contribution in [2.24, 2.45) is 0 Å². The van der Waals surface area contributed by atoms with Crippen molar-refractivity contribution in [2.45, 2.75) is 38.9 Å². The smallest absolute Gasteiger partial charge is 0.250 e. The molecule has 0 saturated heterocycles. The molecule has 3 nitrogen and oxygen atoms in total. The first-order chi connectivity index (χ1) is 10.0. The number of methoxy groups -OCH3 is 2. The Hall–Kier alpha value is -0.878. The molecule has 0 spiro atoms. The van der Waals surface area contributed by atoms with Crippen molar-refractivity contribution in [3.63, 3.8) is 0 Å². The molecular weight excluding hydrogens is 359 g/mol. The van der Waals surface area contributed by atoms with Gasteiger partial charge in [0.2, 0.25) is 0 Å². The van der Waals surface area contributed by atoms with Gasteiger partial charge < -0.3 is 13.9 Å². The topological polar surface area (TPSA) is 27.7 Å². The monoisotopic (exact) mass is 384 g/mol. The molecule has 1 rings (SSSR count). The summed E-state index contributed by atoms with van der Waals surface area (Å²) in [5, 5.41) is 0.119. The summed E-state index contributed by atoms with van der Waals surface area (Å²) < 4.78 is 18.4. The van der Waals surface area contributed by atoms with Crippen LogP contribution in [0.1, 0.15) is 26.3 Å². The Morgan fingerprint density at radius 3 is 2.09 bits per heavy atom. The van der Waals surface area contributed by atoms with Crippen LogP contribution in [0.15, 0.2) is 16.5 Å². The molecule has 0 aliphatic rings. The SMILES string of the molecule is B/C(Br)=C/c1c(OC)cc(OC)cc1O[Si](C)(C)C(C)(C)C. The number of hydrogen-bond donors (Lipinski definition) is 0. The van der Waals surface area contributed by atoms with E-state index in [1.807, 2.05) is 26.1 Å². The Bertz CT molecular complexity index is 561. The van der Waals surface area contributed by atoms with Gasteiger partial charge in [-0.1, -0.05) is 36.7 Å². The van der Waals surface area contributed by atoms with Gasteiger partial charge >= 0.3 is 0 Å². The largest absolute Gasteiger partial charge is 0.543 e. The van der Waals surface area contributed by atoms with Gasteiger partial charge in [0.1, 0.15) is 25.1 Å². The van der Waals surface area contributed by atoms with E-state index in [1.54, 1.807) is 14.2 Å². The number of rotatable bonds is 5. The average Bonchev–Trinajstić information content (AvgIpc) is 2.38. The van der Waals surface area contributed by atoms with Crippen LogP contribution in [0.2, 0.25) is 18.1 Å². The normalized spacial score (nSPS) is 13.0. The van der Waals surface area contributed by atoms with E-state index in [0.29, 0.717) is 0 Å². The molecule has 0 aromatic heterocycles. The standard InChI is InChI=1S/C16H26BBrO3Si/c1-16(2,3)22(6,7)21-14-9-11(19-4)8-13(20-5)12(14)10-15(17)18/h8-10H,17H2,1-7H3/b15-10-. The second-order valence-corrected chi connectivity index (χ2v) is 12.8. The van der Waals surface area contributed by atoms with Gasteiger partial charge in [-0.2, -0.15) is 0 Å². The summed E-state index contributed by atoms with van der Waals surface area (Å²) in [5.41, 5.74) is 0.933. The van der Waals surface area contributed by atoms with Crippen molar-refractivity contribution in [1.82, 2.24) is 0 Å². The second kappa shape index (κ2) is 7.13. The van der Waals surface area contributed by atoms with Gasteiger partial charge in [-0.3, -0.25) is 0 Å². The maximum atomic E-state index is 6.50. The number of hydrogen-bond acceptors (Lipinski definition) is 3. The molecule has 0 heterocycles. The Balaban J connectivity index is 3.47. The summed E-state index contributed by atoms with van der Waals surface area (Å²) >= 11 is 3.49. The van der Waals surface area contributed by atoms with Crippen LogP contribution in [0.25, 0.3) is 6.08 Å². The summed E-state index contributed by atoms with van der Waals surface area (Å²) in [6, 6.07) is 3.81. The maximum Gasteiger partial charge on any atom is 0.250 e. The lowest BCUT2D eigenvalue weighted by Crippen LogP contribution is -2.44. The van der Waals surface area contributed by atoms with Crippen molar-refractivity contribution in [3.05, 3.63) is 22.1 Å². The Kier molecular flexibility index (Phi) is 6.21. The molecule has 0 fully saturated rings. The molecule has 0 atom stereocenters. The van der Waals surface area contributed by atoms with Gasteiger partial charge in [0.15, 0.2) is 0 Å². The molecule has 22 heavy (non-hydrogen) atoms. The highest BCUT2D eigenvalue weighted by atomic mass is 79.9. The van der Waals surface area contributed by atoms with Gasteiger partial charge in [-0.15, -0.1) is 0 Å². The highest BCUT2D eigenvalue weighted by molar-refractivity contribution is 9.12. The lowest BCUT2D eigenvalue weighted by molar-refractivity contribution is 0.387. The molecular formula is C16H26BBrO3Si. The predicted molar refractivity (Wildman–Crippen MR) is 103 cm³/mol. The lowest BCUT2D eigenvalue weighted by atomic mass is 10.1. The zero-order valence-electron chi connectivity index (χ0n) is 14.8. The Labute approximate surface area is 144 Å². The minimum absolute atomic E-state index is 0.119. The van der Waals surface area contributed by atoms with Crippen LogP contribution < -0.4 is 13.9 Å². The van der Waals surface area contributed by atoms with Crippen molar-refractivity contribution < 1.29 is 13.9 Å². The first kappa shape index (κ1) is 19.2. The minimum atomic E-state index is -1.96. The van der Waals surface area contributed by atoms with Gasteiger partial charge in [0.05, 0.1) is 19.8 Å². The fraction of sp³-hybridized carbons (Fsp3) is 0.500. The Morgan fingerprint density at radius 2 is 1.68 bits per heavy atom. The quantitative estimate of drug-likeness (QED) is 0.703. The van der Waals surface area contributed by atoms with Crippen LogP contribution in [0, 0.1) is 0 Å². The average molecular weight is 385 g/mol. The molecule has 0 aliphatic heterocycles. The fourth-order valence-corrected chi connectivity index (χ4v) is 2.97. The van der Waals surface area contributed by atoms with Gasteiger partial charge in [-0.05, 0) is 28.6 Å². The van der Waals surface area contributed by atoms with E-state index in [1.165, 1.54) is 0 Å². The summed E-state index contributed by atoms with van der Waals surface area (Å²) in [6.07, 6.45) is 2.01. The van der Waals surface area contributed by atoms with Gasteiger partial charge in [0.25, 0.3) is 8.32 Å². The highest BCUT2D eigenvalue weighted by Crippen LogP contribution is 2.42. The van der Waals surface area contributed by atoms with Crippen LogP contribution in [0.5, 0.6) is 17.2 Å². The van der Waals surface area contributed by atoms with E-state index in [4.69, 9.17) is 13.9 Å². The fourth-order valence-electron chi connectivity index (χ4n) is 1.72. The van der Waals surface area contributed by atoms with E-state index >= 15 is 0 Å². The molecule has 0 N–H and O–H groups in total. The molecule has 6 heteroatoms. The zero-order valence-corrected chi connectivity index (χ0v) is 17.4. The van der Waals surface area contributed by atoms with Crippen molar-refractivity contribution in [3.8, 4) is 17.2 Å². The molecule has 0 amide bonds. The van der Waals surface area contributed by atoms with Crippen molar-refractivity contribution in [2.75, 3.05) is 14.2 Å². The van der Waals surface area contributed by atoms with E-state index in [2.05, 4.69) is 49.8 Å². The number of ether oxygens (including phenoxy) is 2. The highest BCUT2D eigenvalue weighted by Gasteiger charge is 2.39. The maximum absolute atomic E-state index is 6.50. The number of halogens is 1. The summed E-state index contributed by atoms with van der Waals surface area (Å²) in [5.74, 6) is 2.28. The molecule has 0 unspecified atom stereocenters. The van der Waals surface area contributed by atoms with Crippen LogP contribution in [0.3, 0.4) is 0 Å². The third-order valence-electron chi connectivity index (χ3n) is 4.05. The van der Waals surface area contributed by atoms with E-state index < -0.39 is 8.32 Å². The van der Waals surface area contributed by atoms with Crippen molar-refractivity contribution >= 4 is 38.2 Å². The van der Waals surface area contributed by atoms with E-state index in [9.17, 15) is 0 Å². The van der Waals surface area contributed by atoms with Crippen LogP contribution in [0.4, 0.5) is 0 Å². The summed E-state index contributed by atoms with van der Waals surface area (Å²) in [6.45, 7) is 11.1. The third-order valence-corrected chi connectivity index (χ3v) is 8.62. The predicted octanol–water partition coefficient (Wildman–Crippen LogP) is 4.41. The Morgan fingerprint density at radius 1 is 1.14 bits per heavy atom. The third kappa shape index (κ3) is 4.56. The first-order valence-electron chi connectivity index (χ1n) is 7.30. The molecule has 1 aromatic carbocycles. The van der Waals surface area contributed by atoms with Crippen molar-refractivity contribution in [1.29, 1.82) is 0 Å². The molecule has 0 bridgehead atoms.